The smallest absolute Gasteiger partial charge is 0.262 e. The second-order valence-corrected chi connectivity index (χ2v) is 6.06. The van der Waals surface area contributed by atoms with E-state index < -0.39 is 6.17 Å². The first-order chi connectivity index (χ1) is 12.7. The van der Waals surface area contributed by atoms with Gasteiger partial charge >= 0.3 is 0 Å². The van der Waals surface area contributed by atoms with E-state index >= 15 is 0 Å². The van der Waals surface area contributed by atoms with Crippen LogP contribution in [0.5, 0.6) is 11.5 Å². The molecule has 0 spiro atoms. The lowest BCUT2D eigenvalue weighted by molar-refractivity contribution is 0.0975. The number of fused-ring (bicyclic) bond motifs is 1. The Balaban J connectivity index is 1.84. The van der Waals surface area contributed by atoms with Crippen LogP contribution in [-0.2, 0) is 0 Å². The van der Waals surface area contributed by atoms with Gasteiger partial charge in [0.2, 0.25) is 0 Å². The Labute approximate surface area is 151 Å². The summed E-state index contributed by atoms with van der Waals surface area (Å²) in [4.78, 5) is 14.9. The van der Waals surface area contributed by atoms with Crippen molar-refractivity contribution in [1.82, 2.24) is 0 Å². The molecule has 5 nitrogen and oxygen atoms in total. The molecule has 2 N–H and O–H groups in total. The molecule has 1 atom stereocenters. The highest BCUT2D eigenvalue weighted by molar-refractivity contribution is 6.12. The Kier molecular flexibility index (Phi) is 3.97. The summed E-state index contributed by atoms with van der Waals surface area (Å²) in [5.41, 5.74) is 2.92. The van der Waals surface area contributed by atoms with Crippen molar-refractivity contribution in [2.24, 2.45) is 0 Å². The maximum atomic E-state index is 13.2. The molecule has 0 aromatic heterocycles. The number of phenols is 1. The number of aromatic hydroxyl groups is 1. The predicted octanol–water partition coefficient (Wildman–Crippen LogP) is 4.17. The molecule has 1 heterocycles. The highest BCUT2D eigenvalue weighted by Crippen LogP contribution is 2.37. The van der Waals surface area contributed by atoms with Crippen LogP contribution in [0.15, 0.2) is 72.8 Å². The van der Waals surface area contributed by atoms with Crippen LogP contribution in [-0.4, -0.2) is 18.1 Å². The van der Waals surface area contributed by atoms with Crippen LogP contribution in [0.25, 0.3) is 0 Å². The number of methoxy groups -OCH3 is 1. The van der Waals surface area contributed by atoms with Gasteiger partial charge in [-0.2, -0.15) is 0 Å². The number of benzene rings is 3. The maximum Gasteiger partial charge on any atom is 0.262 e. The quantitative estimate of drug-likeness (QED) is 0.747. The van der Waals surface area contributed by atoms with E-state index in [4.69, 9.17) is 4.74 Å². The number of carbonyl (C=O) groups excluding carboxylic acids is 1. The number of carbonyl (C=O) groups is 1. The Morgan fingerprint density at radius 3 is 2.50 bits per heavy atom. The number of amides is 1. The third-order valence-corrected chi connectivity index (χ3v) is 4.46. The molecule has 3 aromatic carbocycles. The standard InChI is InChI=1S/C21H18N2O3/c1-26-17-11-9-15(10-12-17)23-20(14-5-4-6-16(24)13-14)22-19-8-3-2-7-18(19)21(23)25/h2-13,20,22,24H,1H3. The second-order valence-electron chi connectivity index (χ2n) is 6.06. The SMILES string of the molecule is COc1ccc(N2C(=O)c3ccccc3NC2c2cccc(O)c2)cc1. The van der Waals surface area contributed by atoms with Gasteiger partial charge in [0, 0.05) is 11.4 Å². The molecule has 0 fully saturated rings. The van der Waals surface area contributed by atoms with Crippen LogP contribution in [0.1, 0.15) is 22.1 Å². The monoisotopic (exact) mass is 346 g/mol. The summed E-state index contributed by atoms with van der Waals surface area (Å²) in [5.74, 6) is 0.781. The van der Waals surface area contributed by atoms with E-state index in [-0.39, 0.29) is 11.7 Å². The Morgan fingerprint density at radius 2 is 1.77 bits per heavy atom. The lowest BCUT2D eigenvalue weighted by atomic mass is 10.0. The molecule has 130 valence electrons. The normalized spacial score (nSPS) is 16.0. The summed E-state index contributed by atoms with van der Waals surface area (Å²) in [6, 6.07) is 21.7. The number of hydrogen-bond acceptors (Lipinski definition) is 4. The first kappa shape index (κ1) is 16.0. The Bertz CT molecular complexity index is 953. The number of ether oxygens (including phenoxy) is 1. The summed E-state index contributed by atoms with van der Waals surface area (Å²) in [6.07, 6.45) is -0.433. The maximum absolute atomic E-state index is 13.2. The highest BCUT2D eigenvalue weighted by Gasteiger charge is 2.34. The zero-order valence-electron chi connectivity index (χ0n) is 14.2. The topological polar surface area (TPSA) is 61.8 Å². The molecule has 26 heavy (non-hydrogen) atoms. The van der Waals surface area contributed by atoms with Crippen molar-refractivity contribution in [3.63, 3.8) is 0 Å². The number of para-hydroxylation sites is 1. The van der Waals surface area contributed by atoms with Crippen molar-refractivity contribution in [3.05, 3.63) is 83.9 Å². The number of phenolic OH excluding ortho intramolecular Hbond substituents is 1. The summed E-state index contributed by atoms with van der Waals surface area (Å²) in [6.45, 7) is 0. The minimum absolute atomic E-state index is 0.0992. The number of rotatable bonds is 3. The minimum Gasteiger partial charge on any atom is -0.508 e. The van der Waals surface area contributed by atoms with Gasteiger partial charge in [-0.05, 0) is 54.1 Å². The van der Waals surface area contributed by atoms with E-state index in [0.29, 0.717) is 5.56 Å². The molecule has 1 aliphatic rings. The van der Waals surface area contributed by atoms with Crippen molar-refractivity contribution in [1.29, 1.82) is 0 Å². The first-order valence-corrected chi connectivity index (χ1v) is 8.29. The zero-order valence-corrected chi connectivity index (χ0v) is 14.2. The molecule has 3 aromatic rings. The number of nitrogens with zero attached hydrogens (tertiary/aromatic N) is 1. The van der Waals surface area contributed by atoms with Crippen molar-refractivity contribution >= 4 is 17.3 Å². The van der Waals surface area contributed by atoms with Crippen molar-refractivity contribution in [2.45, 2.75) is 6.17 Å². The lowest BCUT2D eigenvalue weighted by Gasteiger charge is -2.38. The fraction of sp³-hybridized carbons (Fsp3) is 0.0952. The van der Waals surface area contributed by atoms with Crippen LogP contribution in [0.2, 0.25) is 0 Å². The van der Waals surface area contributed by atoms with E-state index in [1.54, 1.807) is 36.3 Å². The zero-order chi connectivity index (χ0) is 18.1. The molecule has 5 heteroatoms. The van der Waals surface area contributed by atoms with E-state index in [1.807, 2.05) is 48.5 Å². The van der Waals surface area contributed by atoms with Crippen LogP contribution in [0.4, 0.5) is 11.4 Å². The van der Waals surface area contributed by atoms with Crippen LogP contribution < -0.4 is 15.0 Å². The second kappa shape index (κ2) is 6.44. The lowest BCUT2D eigenvalue weighted by Crippen LogP contribution is -2.43. The van der Waals surface area contributed by atoms with Gasteiger partial charge in [-0.15, -0.1) is 0 Å². The third-order valence-electron chi connectivity index (χ3n) is 4.46. The molecule has 0 bridgehead atoms. The van der Waals surface area contributed by atoms with Crippen molar-refractivity contribution in [2.75, 3.05) is 17.3 Å². The van der Waals surface area contributed by atoms with Gasteiger partial charge in [0.05, 0.1) is 12.7 Å². The molecule has 1 aliphatic heterocycles. The van der Waals surface area contributed by atoms with Gasteiger partial charge in [-0.1, -0.05) is 24.3 Å². The molecule has 0 saturated carbocycles. The predicted molar refractivity (Wildman–Crippen MR) is 101 cm³/mol. The van der Waals surface area contributed by atoms with Crippen LogP contribution >= 0.6 is 0 Å². The van der Waals surface area contributed by atoms with Gasteiger partial charge in [0.15, 0.2) is 0 Å². The summed E-state index contributed by atoms with van der Waals surface area (Å²) < 4.78 is 5.21. The number of hydrogen-bond donors (Lipinski definition) is 2. The molecular formula is C21H18N2O3. The van der Waals surface area contributed by atoms with E-state index in [0.717, 1.165) is 22.7 Å². The van der Waals surface area contributed by atoms with Crippen molar-refractivity contribution in [3.8, 4) is 11.5 Å². The summed E-state index contributed by atoms with van der Waals surface area (Å²) >= 11 is 0. The van der Waals surface area contributed by atoms with Gasteiger partial charge in [-0.3, -0.25) is 9.69 Å². The van der Waals surface area contributed by atoms with Crippen LogP contribution in [0, 0.1) is 0 Å². The van der Waals surface area contributed by atoms with Gasteiger partial charge < -0.3 is 15.2 Å². The van der Waals surface area contributed by atoms with E-state index in [1.165, 1.54) is 0 Å². The van der Waals surface area contributed by atoms with Crippen molar-refractivity contribution < 1.29 is 14.6 Å². The molecule has 1 amide bonds. The molecule has 1 unspecified atom stereocenters. The third kappa shape index (κ3) is 2.73. The Hall–Kier alpha value is -3.47. The van der Waals surface area contributed by atoms with Crippen LogP contribution in [0.3, 0.4) is 0 Å². The molecule has 0 aliphatic carbocycles. The van der Waals surface area contributed by atoms with Gasteiger partial charge in [0.25, 0.3) is 5.91 Å². The molecule has 4 rings (SSSR count). The van der Waals surface area contributed by atoms with Gasteiger partial charge in [-0.25, -0.2) is 0 Å². The number of anilines is 2. The fourth-order valence-corrected chi connectivity index (χ4v) is 3.19. The Morgan fingerprint density at radius 1 is 1.00 bits per heavy atom. The average molecular weight is 346 g/mol. The molecular weight excluding hydrogens is 328 g/mol. The fourth-order valence-electron chi connectivity index (χ4n) is 3.19. The first-order valence-electron chi connectivity index (χ1n) is 8.29. The summed E-state index contributed by atoms with van der Waals surface area (Å²) in [7, 11) is 1.61. The number of nitrogens with one attached hydrogen (secondary N) is 1. The molecule has 0 radical (unpaired) electrons. The summed E-state index contributed by atoms with van der Waals surface area (Å²) in [5, 5.41) is 13.3. The van der Waals surface area contributed by atoms with E-state index in [9.17, 15) is 9.90 Å². The molecule has 0 saturated heterocycles. The van der Waals surface area contributed by atoms with E-state index in [2.05, 4.69) is 5.32 Å². The minimum atomic E-state index is -0.433. The average Bonchev–Trinajstić information content (AvgIpc) is 2.68. The largest absolute Gasteiger partial charge is 0.508 e. The highest BCUT2D eigenvalue weighted by atomic mass is 16.5. The van der Waals surface area contributed by atoms with Gasteiger partial charge in [0.1, 0.15) is 17.7 Å².